The molecule has 0 aliphatic carbocycles. The van der Waals surface area contributed by atoms with E-state index in [0.717, 1.165) is 18.2 Å². The molecule has 5 rings (SSSR count). The first-order valence-corrected chi connectivity index (χ1v) is 14.9. The number of carboxylic acid groups (broad SMARTS) is 1. The smallest absolute Gasteiger partial charge is 0.338 e. The Balaban J connectivity index is 1.52. The number of hydroxylamine groups is 2. The van der Waals surface area contributed by atoms with Gasteiger partial charge < -0.3 is 19.9 Å². The fraction of sp³-hybridized carbons (Fsp3) is 0.500. The molecule has 1 aromatic heterocycles. The van der Waals surface area contributed by atoms with E-state index < -0.39 is 70.7 Å². The predicted octanol–water partition coefficient (Wildman–Crippen LogP) is 3.65. The molecule has 244 valence electrons. The van der Waals surface area contributed by atoms with Gasteiger partial charge >= 0.3 is 11.9 Å². The van der Waals surface area contributed by atoms with Crippen LogP contribution in [0.4, 0.5) is 17.6 Å². The number of amidine groups is 1. The van der Waals surface area contributed by atoms with E-state index in [2.05, 4.69) is 15.3 Å². The largest absolute Gasteiger partial charge is 0.481 e. The summed E-state index contributed by atoms with van der Waals surface area (Å²) < 4.78 is 70.3. The molecule has 17 heteroatoms. The third-order valence-electron chi connectivity index (χ3n) is 8.28. The van der Waals surface area contributed by atoms with E-state index in [9.17, 15) is 23.5 Å². The number of thiazole rings is 1. The van der Waals surface area contributed by atoms with Crippen molar-refractivity contribution in [2.24, 2.45) is 10.4 Å². The first-order chi connectivity index (χ1) is 21.2. The van der Waals surface area contributed by atoms with E-state index in [-0.39, 0.29) is 42.4 Å². The molecule has 3 aliphatic heterocycles. The second-order valence-corrected chi connectivity index (χ2v) is 12.6. The Bertz CT molecular complexity index is 1540. The molecule has 11 nitrogen and oxygen atoms in total. The number of nitrogens with zero attached hydrogens (tertiary/aromatic N) is 4. The molecule has 2 N–H and O–H groups in total. The zero-order valence-corrected chi connectivity index (χ0v) is 26.1. The first kappa shape index (κ1) is 33.2. The van der Waals surface area contributed by atoms with Crippen LogP contribution in [0.3, 0.4) is 0 Å². The van der Waals surface area contributed by atoms with Crippen LogP contribution in [0.2, 0.25) is 5.02 Å². The number of halogens is 5. The first-order valence-electron chi connectivity index (χ1n) is 13.7. The van der Waals surface area contributed by atoms with Gasteiger partial charge in [-0.15, -0.1) is 11.3 Å². The number of carboxylic acids is 1. The van der Waals surface area contributed by atoms with Crippen molar-refractivity contribution >= 4 is 40.7 Å². The second-order valence-electron chi connectivity index (χ2n) is 11.3. The SMILES string of the molecule is COC(=O)C1=C(CN2CC(F)(F)[C@H]3[C@@H]2CON3C[C@H](OC)C(C)(C)C(=O)O)NC(c2nccs2)=N[C@H]1c1ccc(F)c(F)c1Cl. The molecule has 0 saturated carbocycles. The van der Waals surface area contributed by atoms with Gasteiger partial charge in [-0.3, -0.25) is 19.5 Å². The van der Waals surface area contributed by atoms with Crippen LogP contribution in [0.5, 0.6) is 0 Å². The fourth-order valence-corrected chi connectivity index (χ4v) is 6.60. The molecule has 0 spiro atoms. The van der Waals surface area contributed by atoms with Crippen LogP contribution in [-0.4, -0.2) is 102 Å². The summed E-state index contributed by atoms with van der Waals surface area (Å²) in [5.41, 5.74) is -1.48. The average Bonchev–Trinajstić information content (AvgIpc) is 3.73. The van der Waals surface area contributed by atoms with Gasteiger partial charge in [-0.05, 0) is 19.9 Å². The highest BCUT2D eigenvalue weighted by atomic mass is 35.5. The van der Waals surface area contributed by atoms with Gasteiger partial charge in [-0.25, -0.2) is 27.3 Å². The number of ether oxygens (including phenoxy) is 2. The lowest BCUT2D eigenvalue weighted by Gasteiger charge is -2.34. The minimum absolute atomic E-state index is 0.0457. The summed E-state index contributed by atoms with van der Waals surface area (Å²) >= 11 is 7.40. The molecule has 45 heavy (non-hydrogen) atoms. The topological polar surface area (TPSA) is 126 Å². The molecule has 0 amide bonds. The highest BCUT2D eigenvalue weighted by Gasteiger charge is 2.61. The number of likely N-dealkylation sites (tertiary alicyclic amines) is 1. The standard InChI is InChI=1S/C28H30ClF4N5O6S/c1-27(2,26(40)41)17(42-3)10-38-22-16(11-44-38)37(12-28(22,32)33)9-15-18(25(39)43-4)21(13-5-6-14(30)20(31)19(13)29)36-23(35-15)24-34-7-8-45-24/h5-8,16-17,21-22H,9-12H2,1-4H3,(H,35,36)(H,40,41)/t16-,17-,21-,22+/m0/s1. The van der Waals surface area contributed by atoms with Crippen molar-refractivity contribution in [1.29, 1.82) is 0 Å². The molecular formula is C28H30ClF4N5O6S. The molecule has 2 fully saturated rings. The molecule has 0 radical (unpaired) electrons. The number of carbonyl (C=O) groups is 2. The van der Waals surface area contributed by atoms with Crippen LogP contribution in [0.15, 0.2) is 40.0 Å². The monoisotopic (exact) mass is 675 g/mol. The molecular weight excluding hydrogens is 646 g/mol. The van der Waals surface area contributed by atoms with Crippen molar-refractivity contribution in [2.45, 2.75) is 44.0 Å². The number of fused-ring (bicyclic) bond motifs is 1. The van der Waals surface area contributed by atoms with Crippen molar-refractivity contribution in [3.05, 3.63) is 62.2 Å². The van der Waals surface area contributed by atoms with Crippen LogP contribution >= 0.6 is 22.9 Å². The zero-order valence-electron chi connectivity index (χ0n) is 24.5. The number of benzene rings is 1. The van der Waals surface area contributed by atoms with Crippen LogP contribution < -0.4 is 5.32 Å². The molecule has 4 heterocycles. The maximum Gasteiger partial charge on any atom is 0.338 e. The molecule has 2 saturated heterocycles. The van der Waals surface area contributed by atoms with Gasteiger partial charge in [0.25, 0.3) is 5.92 Å². The Kier molecular flexibility index (Phi) is 9.28. The van der Waals surface area contributed by atoms with Crippen LogP contribution in [0.1, 0.15) is 30.5 Å². The third kappa shape index (κ3) is 6.06. The van der Waals surface area contributed by atoms with Crippen LogP contribution in [-0.2, 0) is 23.9 Å². The summed E-state index contributed by atoms with van der Waals surface area (Å²) in [6.07, 6.45) is 0.531. The summed E-state index contributed by atoms with van der Waals surface area (Å²) in [6.45, 7) is 1.48. The maximum absolute atomic E-state index is 15.7. The minimum Gasteiger partial charge on any atom is -0.481 e. The number of esters is 1. The van der Waals surface area contributed by atoms with E-state index in [1.54, 1.807) is 5.38 Å². The molecule has 4 atom stereocenters. The Morgan fingerprint density at radius 1 is 1.31 bits per heavy atom. The number of alkyl halides is 2. The zero-order chi connectivity index (χ0) is 32.8. The number of rotatable bonds is 10. The van der Waals surface area contributed by atoms with Crippen molar-refractivity contribution in [3.8, 4) is 0 Å². The van der Waals surface area contributed by atoms with E-state index in [1.807, 2.05) is 0 Å². The molecule has 1 aromatic carbocycles. The van der Waals surface area contributed by atoms with Crippen molar-refractivity contribution in [1.82, 2.24) is 20.3 Å². The van der Waals surface area contributed by atoms with E-state index >= 15 is 8.78 Å². The quantitative estimate of drug-likeness (QED) is 0.219. The molecule has 2 aromatic rings. The number of methoxy groups -OCH3 is 2. The van der Waals surface area contributed by atoms with Gasteiger partial charge in [0.15, 0.2) is 22.5 Å². The molecule has 0 bridgehead atoms. The van der Waals surface area contributed by atoms with Gasteiger partial charge in [-0.2, -0.15) is 5.06 Å². The number of nitrogens with one attached hydrogen (secondary N) is 1. The lowest BCUT2D eigenvalue weighted by molar-refractivity contribution is -0.205. The van der Waals surface area contributed by atoms with E-state index in [4.69, 9.17) is 25.9 Å². The lowest BCUT2D eigenvalue weighted by atomic mass is 9.86. The highest BCUT2D eigenvalue weighted by molar-refractivity contribution is 7.11. The number of aliphatic imine (C=N–C) groups is 1. The van der Waals surface area contributed by atoms with Crippen LogP contribution in [0.25, 0.3) is 0 Å². The number of carbonyl (C=O) groups excluding carboxylic acids is 1. The highest BCUT2D eigenvalue weighted by Crippen LogP contribution is 2.43. The summed E-state index contributed by atoms with van der Waals surface area (Å²) in [4.78, 5) is 40.9. The van der Waals surface area contributed by atoms with Crippen molar-refractivity contribution in [3.63, 3.8) is 0 Å². The lowest BCUT2D eigenvalue weighted by Crippen LogP contribution is -2.51. The Hall–Kier alpha value is -3.15. The van der Waals surface area contributed by atoms with Gasteiger partial charge in [-0.1, -0.05) is 17.7 Å². The number of aliphatic carboxylic acids is 1. The van der Waals surface area contributed by atoms with Gasteiger partial charge in [0.05, 0.1) is 55.0 Å². The van der Waals surface area contributed by atoms with E-state index in [1.165, 1.54) is 49.5 Å². The Labute approximate surface area is 264 Å². The fourth-order valence-electron chi connectivity index (χ4n) is 5.75. The van der Waals surface area contributed by atoms with Gasteiger partial charge in [0.1, 0.15) is 12.1 Å². The van der Waals surface area contributed by atoms with Crippen molar-refractivity contribution < 1.29 is 46.6 Å². The normalized spacial score (nSPS) is 24.3. The maximum atomic E-state index is 15.7. The molecule has 3 aliphatic rings. The molecule has 0 unspecified atom stereocenters. The summed E-state index contributed by atoms with van der Waals surface area (Å²) in [7, 11) is 2.42. The number of hydrogen-bond donors (Lipinski definition) is 2. The minimum atomic E-state index is -3.32. The summed E-state index contributed by atoms with van der Waals surface area (Å²) in [5.74, 6) is -7.76. The average molecular weight is 676 g/mol. The van der Waals surface area contributed by atoms with Gasteiger partial charge in [0.2, 0.25) is 0 Å². The second kappa shape index (κ2) is 12.6. The van der Waals surface area contributed by atoms with E-state index in [0.29, 0.717) is 5.01 Å². The third-order valence-corrected chi connectivity index (χ3v) is 9.44. The number of hydrogen-bond acceptors (Lipinski definition) is 11. The van der Waals surface area contributed by atoms with Gasteiger partial charge in [0, 0.05) is 36.5 Å². The van der Waals surface area contributed by atoms with Crippen LogP contribution in [0, 0.1) is 17.0 Å². The Morgan fingerprint density at radius 2 is 2.04 bits per heavy atom. The number of aromatic nitrogens is 1. The summed E-state index contributed by atoms with van der Waals surface area (Å²) in [5, 5.41) is 15.2. The van der Waals surface area contributed by atoms with Crippen molar-refractivity contribution in [2.75, 3.05) is 40.5 Å². The Morgan fingerprint density at radius 3 is 2.67 bits per heavy atom. The predicted molar refractivity (Wildman–Crippen MR) is 154 cm³/mol. The summed E-state index contributed by atoms with van der Waals surface area (Å²) in [6, 6.07) is -1.61.